The van der Waals surface area contributed by atoms with Crippen molar-refractivity contribution in [3.63, 3.8) is 0 Å². The summed E-state index contributed by atoms with van der Waals surface area (Å²) in [5.74, 6) is 0.917. The van der Waals surface area contributed by atoms with E-state index in [0.717, 1.165) is 50.4 Å². The van der Waals surface area contributed by atoms with Gasteiger partial charge < -0.3 is 10.6 Å². The van der Waals surface area contributed by atoms with Gasteiger partial charge in [-0.1, -0.05) is 19.4 Å². The van der Waals surface area contributed by atoms with Gasteiger partial charge in [-0.05, 0) is 31.0 Å². The molecule has 2 heterocycles. The van der Waals surface area contributed by atoms with E-state index >= 15 is 0 Å². The van der Waals surface area contributed by atoms with Crippen LogP contribution in [0, 0.1) is 0 Å². The first kappa shape index (κ1) is 15.4. The molecule has 0 amide bonds. The maximum atomic E-state index is 4.25. The number of nitrogens with one attached hydrogen (secondary N) is 2. The lowest BCUT2D eigenvalue weighted by Gasteiger charge is -2.07. The predicted octanol–water partition coefficient (Wildman–Crippen LogP) is 2.42. The van der Waals surface area contributed by atoms with Gasteiger partial charge in [-0.3, -0.25) is 4.98 Å². The topological polar surface area (TPSA) is 62.7 Å². The summed E-state index contributed by atoms with van der Waals surface area (Å²) in [6.45, 7) is 4.89. The summed E-state index contributed by atoms with van der Waals surface area (Å²) in [5.41, 5.74) is 2.31. The molecule has 112 valence electrons. The summed E-state index contributed by atoms with van der Waals surface area (Å²) in [4.78, 5) is 12.6. The first-order chi connectivity index (χ1) is 10.4. The van der Waals surface area contributed by atoms with Gasteiger partial charge in [0.05, 0.1) is 0 Å². The lowest BCUT2D eigenvalue weighted by atomic mass is 10.2. The highest BCUT2D eigenvalue weighted by molar-refractivity contribution is 5.34. The highest BCUT2D eigenvalue weighted by Crippen LogP contribution is 2.05. The van der Waals surface area contributed by atoms with Crippen molar-refractivity contribution in [1.82, 2.24) is 20.3 Å². The smallest absolute Gasteiger partial charge is 0.129 e. The average Bonchev–Trinajstić information content (AvgIpc) is 2.52. The summed E-state index contributed by atoms with van der Waals surface area (Å²) in [5, 5.41) is 6.75. The number of aryl methyl sites for hydroxylation is 1. The molecule has 0 atom stereocenters. The zero-order valence-electron chi connectivity index (χ0n) is 12.5. The Kier molecular flexibility index (Phi) is 6.61. The van der Waals surface area contributed by atoms with Crippen LogP contribution in [0.15, 0.2) is 36.9 Å². The van der Waals surface area contributed by atoms with Crippen molar-refractivity contribution < 1.29 is 0 Å². The molecule has 5 heteroatoms. The van der Waals surface area contributed by atoms with Crippen molar-refractivity contribution in [2.24, 2.45) is 0 Å². The van der Waals surface area contributed by atoms with E-state index in [-0.39, 0.29) is 0 Å². The Labute approximate surface area is 126 Å². The molecule has 0 aromatic carbocycles. The molecular formula is C16H23N5. The number of pyridine rings is 1. The second kappa shape index (κ2) is 9.02. The molecule has 2 aromatic rings. The highest BCUT2D eigenvalue weighted by atomic mass is 15.0. The monoisotopic (exact) mass is 285 g/mol. The Morgan fingerprint density at radius 2 is 2.14 bits per heavy atom. The maximum absolute atomic E-state index is 4.25. The van der Waals surface area contributed by atoms with E-state index in [1.165, 1.54) is 5.56 Å². The Balaban J connectivity index is 1.60. The van der Waals surface area contributed by atoms with E-state index in [1.54, 1.807) is 12.5 Å². The molecule has 21 heavy (non-hydrogen) atoms. The summed E-state index contributed by atoms with van der Waals surface area (Å²) in [6.07, 6.45) is 8.48. The SMILES string of the molecule is CCCc1cc(NCCCNCc2cccnc2)ncn1. The molecular weight excluding hydrogens is 262 g/mol. The van der Waals surface area contributed by atoms with Gasteiger partial charge in [0.1, 0.15) is 12.1 Å². The van der Waals surface area contributed by atoms with E-state index in [0.29, 0.717) is 0 Å². The minimum atomic E-state index is 0.863. The van der Waals surface area contributed by atoms with Crippen molar-refractivity contribution in [2.75, 3.05) is 18.4 Å². The van der Waals surface area contributed by atoms with E-state index in [9.17, 15) is 0 Å². The van der Waals surface area contributed by atoms with Gasteiger partial charge in [-0.15, -0.1) is 0 Å². The third-order valence-corrected chi connectivity index (χ3v) is 3.12. The minimum Gasteiger partial charge on any atom is -0.370 e. The van der Waals surface area contributed by atoms with Gasteiger partial charge >= 0.3 is 0 Å². The van der Waals surface area contributed by atoms with Crippen molar-refractivity contribution in [2.45, 2.75) is 32.7 Å². The fourth-order valence-corrected chi connectivity index (χ4v) is 2.05. The number of rotatable bonds is 9. The second-order valence-electron chi connectivity index (χ2n) is 4.96. The van der Waals surface area contributed by atoms with Crippen LogP contribution < -0.4 is 10.6 Å². The Hall–Kier alpha value is -2.01. The summed E-state index contributed by atoms with van der Waals surface area (Å²) in [7, 11) is 0. The third-order valence-electron chi connectivity index (χ3n) is 3.12. The van der Waals surface area contributed by atoms with Gasteiger partial charge in [0.2, 0.25) is 0 Å². The van der Waals surface area contributed by atoms with Crippen LogP contribution in [0.2, 0.25) is 0 Å². The first-order valence-electron chi connectivity index (χ1n) is 7.53. The van der Waals surface area contributed by atoms with Crippen molar-refractivity contribution in [1.29, 1.82) is 0 Å². The molecule has 0 saturated heterocycles. The van der Waals surface area contributed by atoms with Crippen LogP contribution in [0.1, 0.15) is 31.0 Å². The van der Waals surface area contributed by atoms with E-state index in [1.807, 2.05) is 18.3 Å². The van der Waals surface area contributed by atoms with E-state index in [2.05, 4.69) is 38.6 Å². The average molecular weight is 285 g/mol. The van der Waals surface area contributed by atoms with Crippen LogP contribution >= 0.6 is 0 Å². The van der Waals surface area contributed by atoms with E-state index < -0.39 is 0 Å². The molecule has 0 aliphatic heterocycles. The van der Waals surface area contributed by atoms with Gasteiger partial charge in [-0.2, -0.15) is 0 Å². The molecule has 0 radical (unpaired) electrons. The standard InChI is InChI=1S/C16H23N5/c1-2-5-15-10-16(21-13-20-15)19-9-4-8-18-12-14-6-3-7-17-11-14/h3,6-7,10-11,13,18H,2,4-5,8-9,12H2,1H3,(H,19,20,21). The molecule has 0 saturated carbocycles. The first-order valence-corrected chi connectivity index (χ1v) is 7.53. The molecule has 0 bridgehead atoms. The molecule has 0 aliphatic rings. The summed E-state index contributed by atoms with van der Waals surface area (Å²) < 4.78 is 0. The van der Waals surface area contributed by atoms with Crippen molar-refractivity contribution in [3.8, 4) is 0 Å². The quantitative estimate of drug-likeness (QED) is 0.693. The molecule has 0 fully saturated rings. The van der Waals surface area contributed by atoms with Gasteiger partial charge in [0, 0.05) is 37.2 Å². The fraction of sp³-hybridized carbons (Fsp3) is 0.438. The van der Waals surface area contributed by atoms with Crippen LogP contribution in [-0.4, -0.2) is 28.0 Å². The maximum Gasteiger partial charge on any atom is 0.129 e. The molecule has 0 unspecified atom stereocenters. The molecule has 2 rings (SSSR count). The lowest BCUT2D eigenvalue weighted by Crippen LogP contribution is -2.18. The zero-order valence-corrected chi connectivity index (χ0v) is 12.5. The predicted molar refractivity (Wildman–Crippen MR) is 85.1 cm³/mol. The zero-order chi connectivity index (χ0) is 14.8. The van der Waals surface area contributed by atoms with Gasteiger partial charge in [0.15, 0.2) is 0 Å². The van der Waals surface area contributed by atoms with Crippen molar-refractivity contribution in [3.05, 3.63) is 48.2 Å². The molecule has 0 spiro atoms. The third kappa shape index (κ3) is 5.87. The van der Waals surface area contributed by atoms with Crippen LogP contribution in [0.5, 0.6) is 0 Å². The minimum absolute atomic E-state index is 0.863. The second-order valence-corrected chi connectivity index (χ2v) is 4.96. The normalized spacial score (nSPS) is 10.5. The Morgan fingerprint density at radius 1 is 1.19 bits per heavy atom. The number of nitrogens with zero attached hydrogens (tertiary/aromatic N) is 3. The van der Waals surface area contributed by atoms with Gasteiger partial charge in [0.25, 0.3) is 0 Å². The molecule has 0 aliphatic carbocycles. The van der Waals surface area contributed by atoms with Crippen molar-refractivity contribution >= 4 is 5.82 Å². The molecule has 2 N–H and O–H groups in total. The highest BCUT2D eigenvalue weighted by Gasteiger charge is 1.97. The van der Waals surface area contributed by atoms with Crippen LogP contribution in [0.3, 0.4) is 0 Å². The molecule has 5 nitrogen and oxygen atoms in total. The summed E-state index contributed by atoms with van der Waals surface area (Å²) in [6, 6.07) is 6.07. The fourth-order valence-electron chi connectivity index (χ4n) is 2.05. The Bertz CT molecular complexity index is 515. The molecule has 2 aromatic heterocycles. The largest absolute Gasteiger partial charge is 0.370 e. The number of anilines is 1. The summed E-state index contributed by atoms with van der Waals surface area (Å²) >= 11 is 0. The number of aromatic nitrogens is 3. The lowest BCUT2D eigenvalue weighted by molar-refractivity contribution is 0.661. The van der Waals surface area contributed by atoms with Crippen LogP contribution in [0.4, 0.5) is 5.82 Å². The van der Waals surface area contributed by atoms with Gasteiger partial charge in [-0.25, -0.2) is 9.97 Å². The van der Waals surface area contributed by atoms with Crippen LogP contribution in [-0.2, 0) is 13.0 Å². The number of hydrogen-bond donors (Lipinski definition) is 2. The van der Waals surface area contributed by atoms with E-state index in [4.69, 9.17) is 0 Å². The Morgan fingerprint density at radius 3 is 2.95 bits per heavy atom. The van der Waals surface area contributed by atoms with Crippen LogP contribution in [0.25, 0.3) is 0 Å². The number of hydrogen-bond acceptors (Lipinski definition) is 5.